The molecule has 24 heavy (non-hydrogen) atoms. The Hall–Kier alpha value is -2.25. The van der Waals surface area contributed by atoms with Gasteiger partial charge in [0.05, 0.1) is 30.2 Å². The van der Waals surface area contributed by atoms with E-state index in [0.717, 1.165) is 44.1 Å². The zero-order valence-corrected chi connectivity index (χ0v) is 14.0. The van der Waals surface area contributed by atoms with Crippen LogP contribution in [-0.2, 0) is 4.74 Å². The van der Waals surface area contributed by atoms with Crippen molar-refractivity contribution in [3.05, 3.63) is 35.3 Å². The normalized spacial score (nSPS) is 15.4. The second-order valence-electron chi connectivity index (χ2n) is 5.82. The van der Waals surface area contributed by atoms with E-state index >= 15 is 0 Å². The minimum absolute atomic E-state index is 0.170. The van der Waals surface area contributed by atoms with Crippen molar-refractivity contribution in [1.82, 2.24) is 20.4 Å². The molecule has 128 valence electrons. The third-order valence-electron chi connectivity index (χ3n) is 4.09. The molecule has 1 aliphatic rings. The standard InChI is InChI=1S/C17H22N4O3/c1-12-16(13(2)24-20-12)14-4-3-5-15(19-14)17(22)18-6-7-21-8-10-23-11-9-21/h3-5H,6-11H2,1-2H3,(H,18,22). The van der Waals surface area contributed by atoms with E-state index in [-0.39, 0.29) is 5.91 Å². The number of nitrogens with one attached hydrogen (secondary N) is 1. The fourth-order valence-electron chi connectivity index (χ4n) is 2.79. The van der Waals surface area contributed by atoms with Crippen LogP contribution in [0.25, 0.3) is 11.3 Å². The Balaban J connectivity index is 1.62. The van der Waals surface area contributed by atoms with Crippen molar-refractivity contribution in [2.45, 2.75) is 13.8 Å². The largest absolute Gasteiger partial charge is 0.379 e. The molecule has 2 aromatic rings. The molecular formula is C17H22N4O3. The van der Waals surface area contributed by atoms with Crippen LogP contribution in [0.15, 0.2) is 22.7 Å². The number of amides is 1. The smallest absolute Gasteiger partial charge is 0.269 e. The highest BCUT2D eigenvalue weighted by atomic mass is 16.5. The summed E-state index contributed by atoms with van der Waals surface area (Å²) in [6.45, 7) is 8.46. The molecule has 0 atom stereocenters. The number of aromatic nitrogens is 2. The molecule has 0 unspecified atom stereocenters. The fourth-order valence-corrected chi connectivity index (χ4v) is 2.79. The van der Waals surface area contributed by atoms with Crippen molar-refractivity contribution in [1.29, 1.82) is 0 Å². The highest BCUT2D eigenvalue weighted by Gasteiger charge is 2.15. The van der Waals surface area contributed by atoms with E-state index < -0.39 is 0 Å². The summed E-state index contributed by atoms with van der Waals surface area (Å²) in [6, 6.07) is 5.40. The Bertz CT molecular complexity index is 688. The molecule has 1 N–H and O–H groups in total. The number of carbonyl (C=O) groups is 1. The van der Waals surface area contributed by atoms with E-state index in [1.54, 1.807) is 6.07 Å². The van der Waals surface area contributed by atoms with Gasteiger partial charge in [0.1, 0.15) is 11.5 Å². The number of nitrogens with zero attached hydrogens (tertiary/aromatic N) is 3. The van der Waals surface area contributed by atoms with Crippen molar-refractivity contribution >= 4 is 5.91 Å². The average Bonchev–Trinajstić information content (AvgIpc) is 2.94. The minimum Gasteiger partial charge on any atom is -0.379 e. The lowest BCUT2D eigenvalue weighted by Gasteiger charge is -2.26. The number of morpholine rings is 1. The van der Waals surface area contributed by atoms with E-state index in [2.05, 4.69) is 20.4 Å². The summed E-state index contributed by atoms with van der Waals surface area (Å²) in [7, 11) is 0. The van der Waals surface area contributed by atoms with Crippen LogP contribution in [-0.4, -0.2) is 60.3 Å². The van der Waals surface area contributed by atoms with Crippen LogP contribution in [0.1, 0.15) is 21.9 Å². The van der Waals surface area contributed by atoms with Crippen LogP contribution >= 0.6 is 0 Å². The second kappa shape index (κ2) is 7.55. The molecule has 0 spiro atoms. The Morgan fingerprint density at radius 1 is 1.29 bits per heavy atom. The molecule has 3 rings (SSSR count). The van der Waals surface area contributed by atoms with Crippen LogP contribution in [0.4, 0.5) is 0 Å². The summed E-state index contributed by atoms with van der Waals surface area (Å²) < 4.78 is 10.5. The quantitative estimate of drug-likeness (QED) is 0.893. The Kier molecular flexibility index (Phi) is 5.22. The molecular weight excluding hydrogens is 308 g/mol. The molecule has 1 saturated heterocycles. The van der Waals surface area contributed by atoms with Crippen molar-refractivity contribution in [3.8, 4) is 11.3 Å². The first-order valence-corrected chi connectivity index (χ1v) is 8.14. The fraction of sp³-hybridized carbons (Fsp3) is 0.471. The number of hydrogen-bond acceptors (Lipinski definition) is 6. The van der Waals surface area contributed by atoms with Crippen LogP contribution in [0.2, 0.25) is 0 Å². The van der Waals surface area contributed by atoms with Crippen molar-refractivity contribution in [3.63, 3.8) is 0 Å². The highest BCUT2D eigenvalue weighted by Crippen LogP contribution is 2.24. The van der Waals surface area contributed by atoms with Gasteiger partial charge >= 0.3 is 0 Å². The summed E-state index contributed by atoms with van der Waals surface area (Å²) >= 11 is 0. The molecule has 0 radical (unpaired) electrons. The predicted molar refractivity (Wildman–Crippen MR) is 88.8 cm³/mol. The van der Waals surface area contributed by atoms with Crippen LogP contribution in [0.3, 0.4) is 0 Å². The number of ether oxygens (including phenoxy) is 1. The Morgan fingerprint density at radius 3 is 2.79 bits per heavy atom. The summed E-state index contributed by atoms with van der Waals surface area (Å²) in [4.78, 5) is 19.1. The molecule has 0 aromatic carbocycles. The van der Waals surface area contributed by atoms with Gasteiger partial charge in [-0.25, -0.2) is 4.98 Å². The van der Waals surface area contributed by atoms with Crippen LogP contribution < -0.4 is 5.32 Å². The van der Waals surface area contributed by atoms with E-state index in [1.807, 2.05) is 26.0 Å². The summed E-state index contributed by atoms with van der Waals surface area (Å²) in [5.74, 6) is 0.529. The molecule has 0 bridgehead atoms. The topological polar surface area (TPSA) is 80.5 Å². The first-order valence-electron chi connectivity index (χ1n) is 8.14. The van der Waals surface area contributed by atoms with E-state index in [0.29, 0.717) is 23.7 Å². The monoisotopic (exact) mass is 330 g/mol. The average molecular weight is 330 g/mol. The van der Waals surface area contributed by atoms with Gasteiger partial charge in [0.2, 0.25) is 0 Å². The first kappa shape index (κ1) is 16.6. The van der Waals surface area contributed by atoms with Crippen LogP contribution in [0, 0.1) is 13.8 Å². The molecule has 1 amide bonds. The van der Waals surface area contributed by atoms with E-state index in [1.165, 1.54) is 0 Å². The molecule has 2 aromatic heterocycles. The lowest BCUT2D eigenvalue weighted by molar-refractivity contribution is 0.0383. The molecule has 1 fully saturated rings. The van der Waals surface area contributed by atoms with Gasteiger partial charge in [-0.05, 0) is 26.0 Å². The SMILES string of the molecule is Cc1noc(C)c1-c1cccc(C(=O)NCCN2CCOCC2)n1. The van der Waals surface area contributed by atoms with Crippen molar-refractivity contribution < 1.29 is 14.1 Å². The first-order chi connectivity index (χ1) is 11.6. The number of carbonyl (C=O) groups excluding carboxylic acids is 1. The van der Waals surface area contributed by atoms with Gasteiger partial charge in [-0.15, -0.1) is 0 Å². The zero-order chi connectivity index (χ0) is 16.9. The lowest BCUT2D eigenvalue weighted by atomic mass is 10.1. The van der Waals surface area contributed by atoms with Crippen molar-refractivity contribution in [2.24, 2.45) is 0 Å². The highest BCUT2D eigenvalue weighted by molar-refractivity contribution is 5.92. The molecule has 7 heteroatoms. The van der Waals surface area contributed by atoms with Gasteiger partial charge < -0.3 is 14.6 Å². The minimum atomic E-state index is -0.170. The van der Waals surface area contributed by atoms with E-state index in [4.69, 9.17) is 9.26 Å². The van der Waals surface area contributed by atoms with Gasteiger partial charge in [0, 0.05) is 26.2 Å². The van der Waals surface area contributed by atoms with Gasteiger partial charge in [-0.1, -0.05) is 11.2 Å². The Labute approximate surface area is 141 Å². The number of aryl methyl sites for hydroxylation is 2. The van der Waals surface area contributed by atoms with Gasteiger partial charge in [-0.3, -0.25) is 9.69 Å². The lowest BCUT2D eigenvalue weighted by Crippen LogP contribution is -2.41. The molecule has 1 aliphatic heterocycles. The van der Waals surface area contributed by atoms with Gasteiger partial charge in [0.15, 0.2) is 0 Å². The molecule has 7 nitrogen and oxygen atoms in total. The maximum atomic E-state index is 12.3. The van der Waals surface area contributed by atoms with E-state index in [9.17, 15) is 4.79 Å². The molecule has 3 heterocycles. The number of pyridine rings is 1. The predicted octanol–water partition coefficient (Wildman–Crippen LogP) is 1.42. The molecule has 0 aliphatic carbocycles. The zero-order valence-electron chi connectivity index (χ0n) is 14.0. The number of hydrogen-bond donors (Lipinski definition) is 1. The summed E-state index contributed by atoms with van der Waals surface area (Å²) in [5, 5.41) is 6.86. The summed E-state index contributed by atoms with van der Waals surface area (Å²) in [6.07, 6.45) is 0. The number of rotatable bonds is 5. The molecule has 0 saturated carbocycles. The maximum absolute atomic E-state index is 12.3. The van der Waals surface area contributed by atoms with Crippen LogP contribution in [0.5, 0.6) is 0 Å². The third-order valence-corrected chi connectivity index (χ3v) is 4.09. The van der Waals surface area contributed by atoms with Gasteiger partial charge in [-0.2, -0.15) is 0 Å². The van der Waals surface area contributed by atoms with Crippen molar-refractivity contribution in [2.75, 3.05) is 39.4 Å². The Morgan fingerprint density at radius 2 is 2.08 bits per heavy atom. The third kappa shape index (κ3) is 3.80. The maximum Gasteiger partial charge on any atom is 0.269 e. The van der Waals surface area contributed by atoms with Gasteiger partial charge in [0.25, 0.3) is 5.91 Å². The second-order valence-corrected chi connectivity index (χ2v) is 5.82. The summed E-state index contributed by atoms with van der Waals surface area (Å²) in [5.41, 5.74) is 2.71.